The van der Waals surface area contributed by atoms with Crippen molar-refractivity contribution >= 4 is 11.6 Å². The van der Waals surface area contributed by atoms with Gasteiger partial charge in [-0.25, -0.2) is 0 Å². The number of hydrogen-bond donors (Lipinski definition) is 0. The highest BCUT2D eigenvalue weighted by Gasteiger charge is 2.20. The first-order valence-electron chi connectivity index (χ1n) is 6.05. The van der Waals surface area contributed by atoms with Gasteiger partial charge in [-0.1, -0.05) is 18.5 Å². The number of ether oxygens (including phenoxy) is 1. The fraction of sp³-hybridized carbons (Fsp3) is 0.500. The van der Waals surface area contributed by atoms with Gasteiger partial charge in [0.25, 0.3) is 0 Å². The average Bonchev–Trinajstić information content (AvgIpc) is 2.34. The van der Waals surface area contributed by atoms with Crippen LogP contribution in [0.1, 0.15) is 38.2 Å². The van der Waals surface area contributed by atoms with E-state index in [-0.39, 0.29) is 6.10 Å². The first-order chi connectivity index (χ1) is 8.19. The second kappa shape index (κ2) is 5.42. The Morgan fingerprint density at radius 1 is 1.29 bits per heavy atom. The second-order valence-electron chi connectivity index (χ2n) is 4.76. The number of rotatable bonds is 2. The quantitative estimate of drug-likeness (QED) is 0.788. The van der Waals surface area contributed by atoms with Crippen LogP contribution in [0.2, 0.25) is 5.02 Å². The molecule has 1 aromatic carbocycles. The zero-order valence-corrected chi connectivity index (χ0v) is 10.7. The molecular formula is C14H16ClNO. The van der Waals surface area contributed by atoms with Crippen LogP contribution >= 0.6 is 11.6 Å². The second-order valence-corrected chi connectivity index (χ2v) is 5.16. The molecule has 0 aromatic heterocycles. The maximum absolute atomic E-state index is 8.75. The van der Waals surface area contributed by atoms with Crippen molar-refractivity contribution < 1.29 is 4.74 Å². The predicted octanol–water partition coefficient (Wildman–Crippen LogP) is 4.17. The lowest BCUT2D eigenvalue weighted by Crippen LogP contribution is -2.23. The predicted molar refractivity (Wildman–Crippen MR) is 68.2 cm³/mol. The molecule has 0 unspecified atom stereocenters. The van der Waals surface area contributed by atoms with Crippen LogP contribution in [-0.2, 0) is 0 Å². The zero-order valence-electron chi connectivity index (χ0n) is 9.95. The van der Waals surface area contributed by atoms with Crippen LogP contribution in [0.5, 0.6) is 5.75 Å². The van der Waals surface area contributed by atoms with E-state index in [0.717, 1.165) is 18.8 Å². The molecule has 0 bridgehead atoms. The van der Waals surface area contributed by atoms with Crippen LogP contribution in [0.15, 0.2) is 18.2 Å². The molecule has 0 spiro atoms. The van der Waals surface area contributed by atoms with E-state index in [0.29, 0.717) is 16.3 Å². The molecular weight excluding hydrogens is 234 g/mol. The van der Waals surface area contributed by atoms with Crippen LogP contribution in [0.3, 0.4) is 0 Å². The van der Waals surface area contributed by atoms with Gasteiger partial charge in [-0.3, -0.25) is 0 Å². The third-order valence-electron chi connectivity index (χ3n) is 3.32. The van der Waals surface area contributed by atoms with Crippen molar-refractivity contribution in [2.24, 2.45) is 5.92 Å². The van der Waals surface area contributed by atoms with Crippen molar-refractivity contribution in [3.63, 3.8) is 0 Å². The highest BCUT2D eigenvalue weighted by atomic mass is 35.5. The van der Waals surface area contributed by atoms with E-state index >= 15 is 0 Å². The Labute approximate surface area is 107 Å². The molecule has 0 N–H and O–H groups in total. The van der Waals surface area contributed by atoms with Gasteiger partial charge in [0, 0.05) is 0 Å². The number of benzene rings is 1. The van der Waals surface area contributed by atoms with Gasteiger partial charge in [0.2, 0.25) is 0 Å². The van der Waals surface area contributed by atoms with E-state index < -0.39 is 0 Å². The molecule has 0 aliphatic heterocycles. The first-order valence-corrected chi connectivity index (χ1v) is 6.43. The van der Waals surface area contributed by atoms with E-state index in [9.17, 15) is 0 Å². The third-order valence-corrected chi connectivity index (χ3v) is 3.61. The maximum Gasteiger partial charge on any atom is 0.138 e. The Morgan fingerprint density at radius 2 is 2.00 bits per heavy atom. The molecule has 1 saturated carbocycles. The summed E-state index contributed by atoms with van der Waals surface area (Å²) < 4.78 is 5.89. The summed E-state index contributed by atoms with van der Waals surface area (Å²) in [5.41, 5.74) is 0.569. The Morgan fingerprint density at radius 3 is 2.59 bits per heavy atom. The normalized spacial score (nSPS) is 24.1. The van der Waals surface area contributed by atoms with Gasteiger partial charge in [0.15, 0.2) is 0 Å². The van der Waals surface area contributed by atoms with Crippen molar-refractivity contribution in [3.8, 4) is 11.8 Å². The standard InChI is InChI=1S/C14H16ClNO/c1-10-2-5-12(6-3-10)17-14-7-4-11(9-16)8-13(14)15/h4,7-8,10,12H,2-3,5-6H2,1H3/t10-,12-. The van der Waals surface area contributed by atoms with E-state index in [1.807, 2.05) is 0 Å². The molecule has 0 amide bonds. The molecule has 17 heavy (non-hydrogen) atoms. The van der Waals surface area contributed by atoms with Crippen molar-refractivity contribution in [1.82, 2.24) is 0 Å². The Kier molecular flexibility index (Phi) is 3.91. The monoisotopic (exact) mass is 249 g/mol. The smallest absolute Gasteiger partial charge is 0.138 e. The van der Waals surface area contributed by atoms with Crippen LogP contribution in [0.25, 0.3) is 0 Å². The summed E-state index contributed by atoms with van der Waals surface area (Å²) in [5.74, 6) is 1.51. The summed E-state index contributed by atoms with van der Waals surface area (Å²) in [6.07, 6.45) is 4.91. The molecule has 1 aliphatic carbocycles. The summed E-state index contributed by atoms with van der Waals surface area (Å²) in [6, 6.07) is 7.25. The number of hydrogen-bond acceptors (Lipinski definition) is 2. The minimum Gasteiger partial charge on any atom is -0.489 e. The lowest BCUT2D eigenvalue weighted by molar-refractivity contribution is 0.135. The molecule has 0 radical (unpaired) electrons. The Balaban J connectivity index is 2.02. The fourth-order valence-corrected chi connectivity index (χ4v) is 2.42. The van der Waals surface area contributed by atoms with Crippen LogP contribution in [0.4, 0.5) is 0 Å². The van der Waals surface area contributed by atoms with Crippen molar-refractivity contribution in [3.05, 3.63) is 28.8 Å². The van der Waals surface area contributed by atoms with Crippen LogP contribution < -0.4 is 4.74 Å². The Bertz CT molecular complexity index is 430. The number of nitrogens with zero attached hydrogens (tertiary/aromatic N) is 1. The van der Waals surface area contributed by atoms with Gasteiger partial charge >= 0.3 is 0 Å². The average molecular weight is 250 g/mol. The van der Waals surface area contributed by atoms with Gasteiger partial charge in [-0.05, 0) is 49.8 Å². The van der Waals surface area contributed by atoms with Gasteiger partial charge in [-0.15, -0.1) is 0 Å². The van der Waals surface area contributed by atoms with E-state index in [1.165, 1.54) is 12.8 Å². The topological polar surface area (TPSA) is 33.0 Å². The van der Waals surface area contributed by atoms with Crippen molar-refractivity contribution in [1.29, 1.82) is 5.26 Å². The zero-order chi connectivity index (χ0) is 12.3. The van der Waals surface area contributed by atoms with Crippen LogP contribution in [0, 0.1) is 17.2 Å². The molecule has 2 nitrogen and oxygen atoms in total. The van der Waals surface area contributed by atoms with Gasteiger partial charge in [-0.2, -0.15) is 5.26 Å². The number of halogens is 1. The summed E-state index contributed by atoms with van der Waals surface area (Å²) in [6.45, 7) is 2.28. The fourth-order valence-electron chi connectivity index (χ4n) is 2.19. The third kappa shape index (κ3) is 3.14. The number of nitriles is 1. The minimum absolute atomic E-state index is 0.275. The summed E-state index contributed by atoms with van der Waals surface area (Å²) in [5, 5.41) is 9.28. The van der Waals surface area contributed by atoms with Crippen molar-refractivity contribution in [2.75, 3.05) is 0 Å². The lowest BCUT2D eigenvalue weighted by atomic mass is 9.89. The molecule has 1 fully saturated rings. The molecule has 1 aromatic rings. The van der Waals surface area contributed by atoms with E-state index in [1.54, 1.807) is 18.2 Å². The molecule has 0 saturated heterocycles. The minimum atomic E-state index is 0.275. The largest absolute Gasteiger partial charge is 0.489 e. The van der Waals surface area contributed by atoms with Gasteiger partial charge in [0.1, 0.15) is 5.75 Å². The lowest BCUT2D eigenvalue weighted by Gasteiger charge is -2.27. The first kappa shape index (κ1) is 12.3. The molecule has 0 heterocycles. The molecule has 3 heteroatoms. The van der Waals surface area contributed by atoms with Crippen LogP contribution in [-0.4, -0.2) is 6.10 Å². The molecule has 90 valence electrons. The van der Waals surface area contributed by atoms with Crippen molar-refractivity contribution in [2.45, 2.75) is 38.7 Å². The molecule has 1 aliphatic rings. The molecule has 2 rings (SSSR count). The summed E-state index contributed by atoms with van der Waals surface area (Å²) in [4.78, 5) is 0. The van der Waals surface area contributed by atoms with E-state index in [4.69, 9.17) is 21.6 Å². The highest BCUT2D eigenvalue weighted by Crippen LogP contribution is 2.31. The SMILES string of the molecule is C[C@H]1CC[C@H](Oc2ccc(C#N)cc2Cl)CC1. The Hall–Kier alpha value is -1.20. The summed E-state index contributed by atoms with van der Waals surface area (Å²) in [7, 11) is 0. The van der Waals surface area contributed by atoms with E-state index in [2.05, 4.69) is 13.0 Å². The van der Waals surface area contributed by atoms with Gasteiger partial charge < -0.3 is 4.74 Å². The summed E-state index contributed by atoms with van der Waals surface area (Å²) >= 11 is 6.08. The van der Waals surface area contributed by atoms with Gasteiger partial charge in [0.05, 0.1) is 22.8 Å². The maximum atomic E-state index is 8.75. The molecule has 0 atom stereocenters. The highest BCUT2D eigenvalue weighted by molar-refractivity contribution is 6.32.